The summed E-state index contributed by atoms with van der Waals surface area (Å²) in [5.41, 5.74) is 4.91. The largest absolute Gasteiger partial charge is 0.316 e. The first-order valence-electron chi connectivity index (χ1n) is 7.66. The number of hydrogen-bond acceptors (Lipinski definition) is 5. The standard InChI is InChI=1S/C16H18N6/c1-11-15(13-4-7-18-10-20-13)16-19-8-5-14(22(16)21-11)12-3-2-6-17-9-12/h4-5,7-8,10,12,17H,2-3,6,9H2,1H3. The van der Waals surface area contributed by atoms with Crippen LogP contribution in [0.3, 0.4) is 0 Å². The topological polar surface area (TPSA) is 68.0 Å². The van der Waals surface area contributed by atoms with Crippen molar-refractivity contribution < 1.29 is 0 Å². The Morgan fingerprint density at radius 3 is 2.95 bits per heavy atom. The minimum Gasteiger partial charge on any atom is -0.316 e. The molecular formula is C16H18N6. The van der Waals surface area contributed by atoms with E-state index in [1.54, 1.807) is 12.5 Å². The highest BCUT2D eigenvalue weighted by Crippen LogP contribution is 2.29. The average molecular weight is 294 g/mol. The zero-order chi connectivity index (χ0) is 14.9. The Morgan fingerprint density at radius 2 is 2.18 bits per heavy atom. The Hall–Kier alpha value is -2.34. The second-order valence-electron chi connectivity index (χ2n) is 5.70. The molecule has 0 aliphatic carbocycles. The molecule has 0 radical (unpaired) electrons. The third-order valence-electron chi connectivity index (χ3n) is 4.28. The van der Waals surface area contributed by atoms with Gasteiger partial charge in [0.05, 0.1) is 22.6 Å². The molecule has 4 heterocycles. The first kappa shape index (κ1) is 13.3. The molecule has 3 aromatic heterocycles. The van der Waals surface area contributed by atoms with E-state index in [9.17, 15) is 0 Å². The maximum atomic E-state index is 4.73. The number of hydrogen-bond donors (Lipinski definition) is 1. The van der Waals surface area contributed by atoms with Crippen molar-refractivity contribution in [2.45, 2.75) is 25.7 Å². The van der Waals surface area contributed by atoms with Gasteiger partial charge in [-0.3, -0.25) is 0 Å². The fraction of sp³-hybridized carbons (Fsp3) is 0.375. The van der Waals surface area contributed by atoms with E-state index in [2.05, 4.69) is 26.3 Å². The van der Waals surface area contributed by atoms with E-state index in [1.165, 1.54) is 18.5 Å². The van der Waals surface area contributed by atoms with E-state index in [0.29, 0.717) is 5.92 Å². The van der Waals surface area contributed by atoms with Crippen molar-refractivity contribution in [3.63, 3.8) is 0 Å². The predicted molar refractivity (Wildman–Crippen MR) is 83.6 cm³/mol. The van der Waals surface area contributed by atoms with Crippen LogP contribution in [0.5, 0.6) is 0 Å². The maximum Gasteiger partial charge on any atom is 0.164 e. The van der Waals surface area contributed by atoms with Crippen LogP contribution >= 0.6 is 0 Å². The highest BCUT2D eigenvalue weighted by atomic mass is 15.3. The molecule has 0 bridgehead atoms. The summed E-state index contributed by atoms with van der Waals surface area (Å²) in [5.74, 6) is 0.483. The number of fused-ring (bicyclic) bond motifs is 1. The van der Waals surface area contributed by atoms with Crippen LogP contribution in [0.2, 0.25) is 0 Å². The summed E-state index contributed by atoms with van der Waals surface area (Å²) in [6, 6.07) is 3.99. The second kappa shape index (κ2) is 5.46. The molecule has 22 heavy (non-hydrogen) atoms. The molecule has 1 N–H and O–H groups in total. The zero-order valence-corrected chi connectivity index (χ0v) is 12.5. The fourth-order valence-corrected chi connectivity index (χ4v) is 3.22. The Kier molecular flexibility index (Phi) is 3.31. The van der Waals surface area contributed by atoms with Crippen molar-refractivity contribution in [3.8, 4) is 11.3 Å². The molecule has 1 atom stereocenters. The summed E-state index contributed by atoms with van der Waals surface area (Å²) < 4.78 is 1.99. The molecule has 4 rings (SSSR count). The number of aromatic nitrogens is 5. The lowest BCUT2D eigenvalue weighted by atomic mass is 9.96. The van der Waals surface area contributed by atoms with Crippen LogP contribution in [0.25, 0.3) is 16.9 Å². The zero-order valence-electron chi connectivity index (χ0n) is 12.5. The quantitative estimate of drug-likeness (QED) is 0.782. The first-order chi connectivity index (χ1) is 10.8. The monoisotopic (exact) mass is 294 g/mol. The summed E-state index contributed by atoms with van der Waals surface area (Å²) in [4.78, 5) is 12.9. The van der Waals surface area contributed by atoms with Crippen molar-refractivity contribution in [2.75, 3.05) is 13.1 Å². The van der Waals surface area contributed by atoms with Crippen LogP contribution in [-0.4, -0.2) is 37.7 Å². The molecule has 0 aromatic carbocycles. The Balaban J connectivity index is 1.89. The number of nitrogens with zero attached hydrogens (tertiary/aromatic N) is 5. The molecule has 1 fully saturated rings. The minimum atomic E-state index is 0.483. The van der Waals surface area contributed by atoms with Crippen molar-refractivity contribution >= 4 is 5.65 Å². The van der Waals surface area contributed by atoms with Crippen molar-refractivity contribution in [3.05, 3.63) is 42.2 Å². The average Bonchev–Trinajstić information content (AvgIpc) is 2.92. The SMILES string of the molecule is Cc1nn2c(C3CCCNC3)ccnc2c1-c1ccncn1. The maximum absolute atomic E-state index is 4.73. The minimum absolute atomic E-state index is 0.483. The Bertz CT molecular complexity index is 789. The second-order valence-corrected chi connectivity index (χ2v) is 5.70. The molecule has 6 nitrogen and oxygen atoms in total. The Labute approximate surface area is 128 Å². The molecule has 6 heteroatoms. The van der Waals surface area contributed by atoms with E-state index in [0.717, 1.165) is 35.7 Å². The fourth-order valence-electron chi connectivity index (χ4n) is 3.22. The van der Waals surface area contributed by atoms with Crippen LogP contribution in [0.1, 0.15) is 30.1 Å². The number of aryl methyl sites for hydroxylation is 1. The summed E-state index contributed by atoms with van der Waals surface area (Å²) >= 11 is 0. The van der Waals surface area contributed by atoms with Gasteiger partial charge in [0.2, 0.25) is 0 Å². The van der Waals surface area contributed by atoms with Crippen LogP contribution in [-0.2, 0) is 0 Å². The van der Waals surface area contributed by atoms with Crippen molar-refractivity contribution in [2.24, 2.45) is 0 Å². The highest BCUT2D eigenvalue weighted by Gasteiger charge is 2.21. The van der Waals surface area contributed by atoms with Gasteiger partial charge in [-0.05, 0) is 38.4 Å². The van der Waals surface area contributed by atoms with Gasteiger partial charge < -0.3 is 5.32 Å². The molecule has 0 amide bonds. The van der Waals surface area contributed by atoms with E-state index in [-0.39, 0.29) is 0 Å². The lowest BCUT2D eigenvalue weighted by Gasteiger charge is -2.23. The summed E-state index contributed by atoms with van der Waals surface area (Å²) in [7, 11) is 0. The van der Waals surface area contributed by atoms with Crippen LogP contribution in [0.15, 0.2) is 30.9 Å². The summed E-state index contributed by atoms with van der Waals surface area (Å²) in [6.07, 6.45) is 7.58. The van der Waals surface area contributed by atoms with Gasteiger partial charge in [-0.2, -0.15) is 5.10 Å². The van der Waals surface area contributed by atoms with Crippen molar-refractivity contribution in [1.29, 1.82) is 0 Å². The van der Waals surface area contributed by atoms with Gasteiger partial charge >= 0.3 is 0 Å². The van der Waals surface area contributed by atoms with Gasteiger partial charge in [0.15, 0.2) is 5.65 Å². The van der Waals surface area contributed by atoms with Gasteiger partial charge in [0, 0.05) is 24.9 Å². The first-order valence-corrected chi connectivity index (χ1v) is 7.66. The lowest BCUT2D eigenvalue weighted by Crippen LogP contribution is -2.29. The van der Waals surface area contributed by atoms with Gasteiger partial charge in [0.1, 0.15) is 6.33 Å². The van der Waals surface area contributed by atoms with E-state index >= 15 is 0 Å². The molecule has 112 valence electrons. The number of rotatable bonds is 2. The smallest absolute Gasteiger partial charge is 0.164 e. The summed E-state index contributed by atoms with van der Waals surface area (Å²) in [6.45, 7) is 4.12. The molecule has 0 saturated carbocycles. The third kappa shape index (κ3) is 2.16. The van der Waals surface area contributed by atoms with Crippen LogP contribution < -0.4 is 5.32 Å². The van der Waals surface area contributed by atoms with Crippen LogP contribution in [0.4, 0.5) is 0 Å². The van der Waals surface area contributed by atoms with E-state index in [4.69, 9.17) is 5.10 Å². The number of nitrogens with one attached hydrogen (secondary N) is 1. The molecule has 0 spiro atoms. The van der Waals surface area contributed by atoms with Crippen molar-refractivity contribution in [1.82, 2.24) is 29.9 Å². The van der Waals surface area contributed by atoms with Gasteiger partial charge in [0.25, 0.3) is 0 Å². The lowest BCUT2D eigenvalue weighted by molar-refractivity contribution is 0.448. The number of piperidine rings is 1. The molecule has 3 aromatic rings. The van der Waals surface area contributed by atoms with Crippen LogP contribution in [0, 0.1) is 6.92 Å². The van der Waals surface area contributed by atoms with E-state index in [1.807, 2.05) is 23.7 Å². The highest BCUT2D eigenvalue weighted by molar-refractivity contribution is 5.77. The van der Waals surface area contributed by atoms with E-state index < -0.39 is 0 Å². The van der Waals surface area contributed by atoms with Gasteiger partial charge in [-0.15, -0.1) is 0 Å². The normalized spacial score (nSPS) is 18.7. The molecule has 1 unspecified atom stereocenters. The predicted octanol–water partition coefficient (Wildman–Crippen LogP) is 1.96. The molecule has 1 saturated heterocycles. The van der Waals surface area contributed by atoms with Gasteiger partial charge in [-0.1, -0.05) is 0 Å². The molecule has 1 aliphatic heterocycles. The molecular weight excluding hydrogens is 276 g/mol. The Morgan fingerprint density at radius 1 is 1.23 bits per heavy atom. The molecule has 1 aliphatic rings. The summed E-state index contributed by atoms with van der Waals surface area (Å²) in [5, 5.41) is 8.20. The van der Waals surface area contributed by atoms with Gasteiger partial charge in [-0.25, -0.2) is 19.5 Å². The third-order valence-corrected chi connectivity index (χ3v) is 4.28.